The van der Waals surface area contributed by atoms with Gasteiger partial charge >= 0.3 is 0 Å². The zero-order valence-electron chi connectivity index (χ0n) is 16.6. The van der Waals surface area contributed by atoms with Crippen LogP contribution in [0.2, 0.25) is 0 Å². The number of rotatable bonds is 8. The van der Waals surface area contributed by atoms with Gasteiger partial charge in [-0.1, -0.05) is 25.1 Å². The number of nitro groups is 1. The molecule has 0 saturated heterocycles. The smallest absolute Gasteiger partial charge is 0.271 e. The first-order valence-electron chi connectivity index (χ1n) is 8.78. The van der Waals surface area contributed by atoms with E-state index in [0.717, 1.165) is 16.6 Å². The Morgan fingerprint density at radius 1 is 1.28 bits per heavy atom. The molecule has 0 fully saturated rings. The minimum atomic E-state index is -3.93. The van der Waals surface area contributed by atoms with Crippen LogP contribution in [0.1, 0.15) is 18.9 Å². The molecular weight excluding hydrogens is 398 g/mol. The first-order chi connectivity index (χ1) is 13.6. The van der Waals surface area contributed by atoms with Crippen LogP contribution in [-0.2, 0) is 14.8 Å². The Balaban J connectivity index is 2.52. The van der Waals surface area contributed by atoms with Crippen molar-refractivity contribution in [2.24, 2.45) is 0 Å². The highest BCUT2D eigenvalue weighted by Gasteiger charge is 2.33. The standard InChI is InChI=1S/C19H23N3O6S/c1-5-16(19(23)20-15-8-6-7-9-18(15)28-3)21(29(4,26)27)17-12-14(22(24)25)11-10-13(17)2/h6-12,16H,5H2,1-4H3,(H,20,23)/t16-/m0/s1. The molecular formula is C19H23N3O6S. The van der Waals surface area contributed by atoms with E-state index in [9.17, 15) is 23.3 Å². The number of nitrogens with zero attached hydrogens (tertiary/aromatic N) is 2. The normalized spacial score (nSPS) is 12.1. The van der Waals surface area contributed by atoms with Crippen LogP contribution in [0.3, 0.4) is 0 Å². The first kappa shape index (κ1) is 22.2. The van der Waals surface area contributed by atoms with Gasteiger partial charge in [-0.25, -0.2) is 8.42 Å². The molecule has 2 aromatic carbocycles. The third kappa shape index (κ3) is 5.02. The van der Waals surface area contributed by atoms with Crippen LogP contribution in [0.5, 0.6) is 5.75 Å². The third-order valence-corrected chi connectivity index (χ3v) is 5.50. The Morgan fingerprint density at radius 3 is 2.48 bits per heavy atom. The summed E-state index contributed by atoms with van der Waals surface area (Å²) < 4.78 is 31.3. The van der Waals surface area contributed by atoms with Gasteiger partial charge in [0.25, 0.3) is 5.69 Å². The molecule has 9 nitrogen and oxygen atoms in total. The highest BCUT2D eigenvalue weighted by molar-refractivity contribution is 7.92. The average Bonchev–Trinajstić information content (AvgIpc) is 2.66. The summed E-state index contributed by atoms with van der Waals surface area (Å²) in [6.07, 6.45) is 1.11. The van der Waals surface area contributed by atoms with Crippen molar-refractivity contribution in [2.45, 2.75) is 26.3 Å². The lowest BCUT2D eigenvalue weighted by molar-refractivity contribution is -0.384. The summed E-state index contributed by atoms with van der Waals surface area (Å²) in [4.78, 5) is 23.6. The Morgan fingerprint density at radius 2 is 1.93 bits per heavy atom. The predicted molar refractivity (Wildman–Crippen MR) is 111 cm³/mol. The maximum absolute atomic E-state index is 13.0. The van der Waals surface area contributed by atoms with E-state index >= 15 is 0 Å². The van der Waals surface area contributed by atoms with Crippen molar-refractivity contribution in [3.63, 3.8) is 0 Å². The van der Waals surface area contributed by atoms with E-state index in [2.05, 4.69) is 5.32 Å². The van der Waals surface area contributed by atoms with Gasteiger partial charge in [0.2, 0.25) is 15.9 Å². The minimum absolute atomic E-state index is 0.0868. The van der Waals surface area contributed by atoms with Gasteiger partial charge in [-0.05, 0) is 31.0 Å². The molecule has 10 heteroatoms. The maximum atomic E-state index is 13.0. The zero-order chi connectivity index (χ0) is 21.8. The number of nitro benzene ring substituents is 1. The number of ether oxygens (including phenoxy) is 1. The molecule has 0 radical (unpaired) electrons. The van der Waals surface area contributed by atoms with Crippen molar-refractivity contribution in [3.05, 3.63) is 58.1 Å². The zero-order valence-corrected chi connectivity index (χ0v) is 17.4. The number of hydrogen-bond donors (Lipinski definition) is 1. The van der Waals surface area contributed by atoms with Gasteiger partial charge in [0.05, 0.1) is 29.7 Å². The molecule has 0 aromatic heterocycles. The fourth-order valence-electron chi connectivity index (χ4n) is 2.95. The van der Waals surface area contributed by atoms with Crippen molar-refractivity contribution in [1.82, 2.24) is 0 Å². The number of benzene rings is 2. The molecule has 0 heterocycles. The summed E-state index contributed by atoms with van der Waals surface area (Å²) >= 11 is 0. The third-order valence-electron chi connectivity index (χ3n) is 4.34. The van der Waals surface area contributed by atoms with Crippen LogP contribution in [0.15, 0.2) is 42.5 Å². The lowest BCUT2D eigenvalue weighted by atomic mass is 10.1. The number of non-ortho nitro benzene ring substituents is 1. The molecule has 0 unspecified atom stereocenters. The molecule has 0 bridgehead atoms. The molecule has 2 aromatic rings. The lowest BCUT2D eigenvalue weighted by Gasteiger charge is -2.31. The number of amides is 1. The topological polar surface area (TPSA) is 119 Å². The van der Waals surface area contributed by atoms with Crippen molar-refractivity contribution in [3.8, 4) is 5.75 Å². The van der Waals surface area contributed by atoms with Crippen LogP contribution < -0.4 is 14.4 Å². The Labute approximate surface area is 169 Å². The number of sulfonamides is 1. The van der Waals surface area contributed by atoms with E-state index < -0.39 is 26.9 Å². The van der Waals surface area contributed by atoms with E-state index in [1.807, 2.05) is 0 Å². The van der Waals surface area contributed by atoms with Crippen LogP contribution in [0.25, 0.3) is 0 Å². The molecule has 1 amide bonds. The van der Waals surface area contributed by atoms with Gasteiger partial charge in [-0.3, -0.25) is 19.2 Å². The molecule has 1 N–H and O–H groups in total. The average molecular weight is 421 g/mol. The second kappa shape index (κ2) is 8.91. The number of aryl methyl sites for hydroxylation is 1. The van der Waals surface area contributed by atoms with Crippen LogP contribution >= 0.6 is 0 Å². The second-order valence-corrected chi connectivity index (χ2v) is 8.26. The van der Waals surface area contributed by atoms with Gasteiger partial charge in [0.15, 0.2) is 0 Å². The van der Waals surface area contributed by atoms with Gasteiger partial charge < -0.3 is 10.1 Å². The Bertz CT molecular complexity index is 1020. The quantitative estimate of drug-likeness (QED) is 0.517. The van der Waals surface area contributed by atoms with Crippen LogP contribution in [0.4, 0.5) is 17.1 Å². The number of nitrogens with one attached hydrogen (secondary N) is 1. The van der Waals surface area contributed by atoms with E-state index in [0.29, 0.717) is 17.0 Å². The number of anilines is 2. The maximum Gasteiger partial charge on any atom is 0.271 e. The molecule has 0 saturated carbocycles. The van der Waals surface area contributed by atoms with Gasteiger partial charge in [0.1, 0.15) is 11.8 Å². The molecule has 1 atom stereocenters. The van der Waals surface area contributed by atoms with Crippen LogP contribution in [0, 0.1) is 17.0 Å². The fourth-order valence-corrected chi connectivity index (χ4v) is 4.21. The largest absolute Gasteiger partial charge is 0.495 e. The summed E-state index contributed by atoms with van der Waals surface area (Å²) in [7, 11) is -2.47. The Hall–Kier alpha value is -3.14. The highest BCUT2D eigenvalue weighted by Crippen LogP contribution is 2.31. The van der Waals surface area contributed by atoms with E-state index in [-0.39, 0.29) is 17.8 Å². The molecule has 0 aliphatic rings. The second-order valence-electron chi connectivity index (χ2n) is 6.40. The number of hydrogen-bond acceptors (Lipinski definition) is 6. The van der Waals surface area contributed by atoms with Crippen LogP contribution in [-0.4, -0.2) is 38.7 Å². The molecule has 0 aliphatic carbocycles. The summed E-state index contributed by atoms with van der Waals surface area (Å²) in [5.74, 6) is -0.151. The fraction of sp³-hybridized carbons (Fsp3) is 0.316. The number of carbonyl (C=O) groups is 1. The summed E-state index contributed by atoms with van der Waals surface area (Å²) in [5.41, 5.74) is 0.704. The van der Waals surface area contributed by atoms with E-state index in [1.165, 1.54) is 19.2 Å². The minimum Gasteiger partial charge on any atom is -0.495 e. The van der Waals surface area contributed by atoms with Gasteiger partial charge in [-0.2, -0.15) is 0 Å². The van der Waals surface area contributed by atoms with E-state index in [4.69, 9.17) is 4.74 Å². The van der Waals surface area contributed by atoms with Crippen molar-refractivity contribution < 1.29 is 22.9 Å². The van der Waals surface area contributed by atoms with E-state index in [1.54, 1.807) is 38.1 Å². The highest BCUT2D eigenvalue weighted by atomic mass is 32.2. The van der Waals surface area contributed by atoms with Crippen molar-refractivity contribution >= 4 is 33.0 Å². The molecule has 29 heavy (non-hydrogen) atoms. The molecule has 156 valence electrons. The molecule has 0 aliphatic heterocycles. The first-order valence-corrected chi connectivity index (χ1v) is 10.6. The SMILES string of the molecule is CC[C@@H](C(=O)Nc1ccccc1OC)N(c1cc([N+](=O)[O-])ccc1C)S(C)(=O)=O. The van der Waals surface area contributed by atoms with Gasteiger partial charge in [-0.15, -0.1) is 0 Å². The van der Waals surface area contributed by atoms with Crippen molar-refractivity contribution in [1.29, 1.82) is 0 Å². The number of carbonyl (C=O) groups excluding carboxylic acids is 1. The van der Waals surface area contributed by atoms with Gasteiger partial charge in [0, 0.05) is 12.1 Å². The molecule has 0 spiro atoms. The monoisotopic (exact) mass is 421 g/mol. The predicted octanol–water partition coefficient (Wildman–Crippen LogP) is 3.10. The molecule has 2 rings (SSSR count). The van der Waals surface area contributed by atoms with Crippen molar-refractivity contribution in [2.75, 3.05) is 23.0 Å². The summed E-state index contributed by atoms with van der Waals surface area (Å²) in [5, 5.41) is 13.9. The Kier molecular flexibility index (Phi) is 6.80. The number of para-hydroxylation sites is 2. The lowest BCUT2D eigenvalue weighted by Crippen LogP contribution is -2.47. The summed E-state index contributed by atoms with van der Waals surface area (Å²) in [6.45, 7) is 3.29. The number of methoxy groups -OCH3 is 1. The summed E-state index contributed by atoms with van der Waals surface area (Å²) in [6, 6.07) is 9.53.